The highest BCUT2D eigenvalue weighted by Gasteiger charge is 2.29. The lowest BCUT2D eigenvalue weighted by Gasteiger charge is -2.27. The van der Waals surface area contributed by atoms with Crippen LogP contribution in [0.25, 0.3) is 11.1 Å². The second kappa shape index (κ2) is 12.6. The van der Waals surface area contributed by atoms with E-state index in [0.717, 1.165) is 16.7 Å². The van der Waals surface area contributed by atoms with Gasteiger partial charge in [0.05, 0.1) is 7.11 Å². The molecular formula is C31H30N2O6. The summed E-state index contributed by atoms with van der Waals surface area (Å²) in [6.45, 7) is 3.23. The SMILES string of the molecule is COc1ccnc(C(=O)N[C@@H](C)C(=O)O[C@@H](C)[C@H](Oc2ccccc2)c2ccc(-c3ccccc3)cc2)c1O. The largest absolute Gasteiger partial charge is 0.503 e. The second-order valence-corrected chi connectivity index (χ2v) is 8.89. The predicted octanol–water partition coefficient (Wildman–Crippen LogP) is 5.33. The zero-order chi connectivity index (χ0) is 27.8. The van der Waals surface area contributed by atoms with Gasteiger partial charge in [-0.15, -0.1) is 0 Å². The Bertz CT molecular complexity index is 1390. The van der Waals surface area contributed by atoms with Gasteiger partial charge in [-0.1, -0.05) is 72.8 Å². The molecule has 0 bridgehead atoms. The molecule has 0 aliphatic rings. The molecule has 3 aromatic carbocycles. The van der Waals surface area contributed by atoms with Crippen LogP contribution in [0.3, 0.4) is 0 Å². The van der Waals surface area contributed by atoms with E-state index in [2.05, 4.69) is 10.3 Å². The zero-order valence-corrected chi connectivity index (χ0v) is 21.9. The molecule has 1 amide bonds. The van der Waals surface area contributed by atoms with Crippen LogP contribution in [0.2, 0.25) is 0 Å². The molecule has 4 aromatic rings. The van der Waals surface area contributed by atoms with Crippen molar-refractivity contribution < 1.29 is 28.9 Å². The minimum absolute atomic E-state index is 0.0955. The van der Waals surface area contributed by atoms with Gasteiger partial charge in [-0.05, 0) is 42.7 Å². The van der Waals surface area contributed by atoms with Gasteiger partial charge < -0.3 is 24.6 Å². The molecule has 8 nitrogen and oxygen atoms in total. The summed E-state index contributed by atoms with van der Waals surface area (Å²) in [6.07, 6.45) is 0.00349. The fourth-order valence-electron chi connectivity index (χ4n) is 4.01. The third-order valence-corrected chi connectivity index (χ3v) is 6.10. The van der Waals surface area contributed by atoms with Crippen molar-refractivity contribution in [2.75, 3.05) is 7.11 Å². The van der Waals surface area contributed by atoms with Crippen LogP contribution in [0, 0.1) is 0 Å². The van der Waals surface area contributed by atoms with Crippen LogP contribution in [0.5, 0.6) is 17.2 Å². The first-order valence-corrected chi connectivity index (χ1v) is 12.5. The Balaban J connectivity index is 1.49. The average molecular weight is 527 g/mol. The van der Waals surface area contributed by atoms with Crippen molar-refractivity contribution in [3.8, 4) is 28.4 Å². The first-order valence-electron chi connectivity index (χ1n) is 12.5. The Morgan fingerprint density at radius 1 is 0.846 bits per heavy atom. The van der Waals surface area contributed by atoms with Crippen LogP contribution in [0.4, 0.5) is 0 Å². The van der Waals surface area contributed by atoms with E-state index in [1.165, 1.54) is 26.3 Å². The quantitative estimate of drug-likeness (QED) is 0.269. The molecule has 39 heavy (non-hydrogen) atoms. The number of benzene rings is 3. The Labute approximate surface area is 227 Å². The topological polar surface area (TPSA) is 107 Å². The molecule has 0 unspecified atom stereocenters. The molecule has 0 saturated carbocycles. The fraction of sp³-hybridized carbons (Fsp3) is 0.194. The number of carbonyl (C=O) groups is 2. The highest BCUT2D eigenvalue weighted by Crippen LogP contribution is 2.30. The standard InChI is InChI=1S/C31H30N2O6/c1-20(33-30(35)27-28(34)26(37-3)18-19-32-27)31(36)38-21(2)29(39-25-12-8-5-9-13-25)24-16-14-23(15-17-24)22-10-6-4-7-11-22/h4-21,29,34H,1-3H3,(H,33,35)/t20-,21-,29-/m0/s1. The summed E-state index contributed by atoms with van der Waals surface area (Å²) in [5.41, 5.74) is 2.70. The van der Waals surface area contributed by atoms with Gasteiger partial charge in [0.25, 0.3) is 5.91 Å². The molecule has 2 N–H and O–H groups in total. The van der Waals surface area contributed by atoms with Gasteiger partial charge in [0.1, 0.15) is 17.9 Å². The second-order valence-electron chi connectivity index (χ2n) is 8.89. The number of aromatic nitrogens is 1. The molecule has 0 aliphatic carbocycles. The number of para-hydroxylation sites is 1. The predicted molar refractivity (Wildman–Crippen MR) is 147 cm³/mol. The Hall–Kier alpha value is -4.85. The van der Waals surface area contributed by atoms with Crippen LogP contribution in [-0.4, -0.2) is 41.2 Å². The highest BCUT2D eigenvalue weighted by atomic mass is 16.6. The van der Waals surface area contributed by atoms with Gasteiger partial charge in [-0.25, -0.2) is 9.78 Å². The number of esters is 1. The summed E-state index contributed by atoms with van der Waals surface area (Å²) in [4.78, 5) is 29.5. The number of hydrogen-bond acceptors (Lipinski definition) is 7. The van der Waals surface area contributed by atoms with Crippen molar-refractivity contribution in [3.05, 3.63) is 108 Å². The summed E-state index contributed by atoms with van der Waals surface area (Å²) in [6, 6.07) is 27.6. The lowest BCUT2D eigenvalue weighted by atomic mass is 10.00. The smallest absolute Gasteiger partial charge is 0.328 e. The van der Waals surface area contributed by atoms with E-state index >= 15 is 0 Å². The Morgan fingerprint density at radius 2 is 1.46 bits per heavy atom. The maximum absolute atomic E-state index is 13.0. The zero-order valence-electron chi connectivity index (χ0n) is 21.9. The average Bonchev–Trinajstić information content (AvgIpc) is 2.97. The van der Waals surface area contributed by atoms with Crippen molar-refractivity contribution in [2.24, 2.45) is 0 Å². The number of hydrogen-bond donors (Lipinski definition) is 2. The van der Waals surface area contributed by atoms with Gasteiger partial charge in [0.2, 0.25) is 0 Å². The molecule has 3 atom stereocenters. The molecule has 8 heteroatoms. The van der Waals surface area contributed by atoms with Crippen molar-refractivity contribution in [1.82, 2.24) is 10.3 Å². The van der Waals surface area contributed by atoms with Crippen molar-refractivity contribution in [3.63, 3.8) is 0 Å². The molecule has 0 aliphatic heterocycles. The molecule has 4 rings (SSSR count). The van der Waals surface area contributed by atoms with Gasteiger partial charge in [-0.2, -0.15) is 0 Å². The summed E-state index contributed by atoms with van der Waals surface area (Å²) in [7, 11) is 1.36. The number of aromatic hydroxyl groups is 1. The van der Waals surface area contributed by atoms with Crippen LogP contribution >= 0.6 is 0 Å². The highest BCUT2D eigenvalue weighted by molar-refractivity contribution is 5.97. The van der Waals surface area contributed by atoms with Gasteiger partial charge >= 0.3 is 5.97 Å². The molecule has 0 fully saturated rings. The Kier molecular flexibility index (Phi) is 8.78. The van der Waals surface area contributed by atoms with Gasteiger partial charge in [0, 0.05) is 12.3 Å². The number of carbonyl (C=O) groups excluding carboxylic acids is 2. The van der Waals surface area contributed by atoms with E-state index in [1.54, 1.807) is 6.92 Å². The van der Waals surface area contributed by atoms with E-state index in [-0.39, 0.29) is 11.4 Å². The van der Waals surface area contributed by atoms with Gasteiger partial charge in [-0.3, -0.25) is 4.79 Å². The van der Waals surface area contributed by atoms with Crippen molar-refractivity contribution in [1.29, 1.82) is 0 Å². The molecule has 1 aromatic heterocycles. The summed E-state index contributed by atoms with van der Waals surface area (Å²) in [5, 5.41) is 12.7. The number of pyridine rings is 1. The summed E-state index contributed by atoms with van der Waals surface area (Å²) < 4.78 is 17.0. The van der Waals surface area contributed by atoms with Crippen LogP contribution in [-0.2, 0) is 9.53 Å². The van der Waals surface area contributed by atoms with Crippen LogP contribution < -0.4 is 14.8 Å². The van der Waals surface area contributed by atoms with E-state index in [0.29, 0.717) is 5.75 Å². The minimum Gasteiger partial charge on any atom is -0.503 e. The normalized spacial score (nSPS) is 13.0. The lowest BCUT2D eigenvalue weighted by Crippen LogP contribution is -2.42. The van der Waals surface area contributed by atoms with Crippen LogP contribution in [0.15, 0.2) is 97.2 Å². The number of nitrogens with zero attached hydrogens (tertiary/aromatic N) is 1. The number of amides is 1. The molecule has 200 valence electrons. The molecule has 0 saturated heterocycles. The maximum atomic E-state index is 13.0. The molecule has 0 spiro atoms. The first-order chi connectivity index (χ1) is 18.9. The van der Waals surface area contributed by atoms with Gasteiger partial charge in [0.15, 0.2) is 23.3 Å². The first kappa shape index (κ1) is 27.2. The molecule has 0 radical (unpaired) electrons. The summed E-state index contributed by atoms with van der Waals surface area (Å²) in [5.74, 6) is -1.10. The number of nitrogens with one attached hydrogen (secondary N) is 1. The third kappa shape index (κ3) is 6.73. The lowest BCUT2D eigenvalue weighted by molar-refractivity contribution is -0.154. The number of rotatable bonds is 10. The maximum Gasteiger partial charge on any atom is 0.328 e. The van der Waals surface area contributed by atoms with Crippen molar-refractivity contribution in [2.45, 2.75) is 32.1 Å². The summed E-state index contributed by atoms with van der Waals surface area (Å²) >= 11 is 0. The van der Waals surface area contributed by atoms with E-state index in [4.69, 9.17) is 14.2 Å². The fourth-order valence-corrected chi connectivity index (χ4v) is 4.01. The van der Waals surface area contributed by atoms with Crippen LogP contribution in [0.1, 0.15) is 36.0 Å². The number of ether oxygens (including phenoxy) is 3. The third-order valence-electron chi connectivity index (χ3n) is 6.10. The monoisotopic (exact) mass is 526 g/mol. The Morgan fingerprint density at radius 3 is 2.10 bits per heavy atom. The van der Waals surface area contributed by atoms with E-state index < -0.39 is 35.9 Å². The van der Waals surface area contributed by atoms with Crippen molar-refractivity contribution >= 4 is 11.9 Å². The van der Waals surface area contributed by atoms with E-state index in [1.807, 2.05) is 84.9 Å². The van der Waals surface area contributed by atoms with E-state index in [9.17, 15) is 14.7 Å². The molecule has 1 heterocycles. The molecular weight excluding hydrogens is 496 g/mol. The number of methoxy groups -OCH3 is 1. The minimum atomic E-state index is -1.02.